The number of hydrogen-bond acceptors (Lipinski definition) is 2. The molecule has 1 heterocycles. The second-order valence-corrected chi connectivity index (χ2v) is 5.92. The van der Waals surface area contributed by atoms with Gasteiger partial charge in [-0.15, -0.1) is 0 Å². The van der Waals surface area contributed by atoms with Crippen molar-refractivity contribution in [2.24, 2.45) is 0 Å². The van der Waals surface area contributed by atoms with Gasteiger partial charge in [-0.3, -0.25) is 4.79 Å². The van der Waals surface area contributed by atoms with Crippen LogP contribution in [0.25, 0.3) is 0 Å². The highest BCUT2D eigenvalue weighted by Gasteiger charge is 2.14. The van der Waals surface area contributed by atoms with Crippen LogP contribution in [0, 0.1) is 0 Å². The predicted molar refractivity (Wildman–Crippen MR) is 88.8 cm³/mol. The van der Waals surface area contributed by atoms with Crippen LogP contribution >= 0.6 is 0 Å². The van der Waals surface area contributed by atoms with Crippen molar-refractivity contribution in [1.82, 2.24) is 4.90 Å². The molecule has 1 aromatic rings. The van der Waals surface area contributed by atoms with Gasteiger partial charge in [0.1, 0.15) is 0 Å². The number of nitrogens with zero attached hydrogens (tertiary/aromatic N) is 2. The molecule has 3 nitrogen and oxygen atoms in total. The molecule has 0 saturated carbocycles. The van der Waals surface area contributed by atoms with Crippen molar-refractivity contribution in [3.8, 4) is 0 Å². The van der Waals surface area contributed by atoms with E-state index in [2.05, 4.69) is 43.0 Å². The summed E-state index contributed by atoms with van der Waals surface area (Å²) >= 11 is 0. The van der Waals surface area contributed by atoms with Crippen LogP contribution in [0.5, 0.6) is 0 Å². The number of carbonyl (C=O) groups is 1. The minimum atomic E-state index is 0.257. The third-order valence-corrected chi connectivity index (χ3v) is 4.10. The Morgan fingerprint density at radius 2 is 1.62 bits per heavy atom. The molecule has 0 spiro atoms. The Morgan fingerprint density at radius 3 is 2.14 bits per heavy atom. The monoisotopic (exact) mass is 288 g/mol. The molecule has 1 fully saturated rings. The van der Waals surface area contributed by atoms with Crippen molar-refractivity contribution in [2.75, 3.05) is 31.1 Å². The molecule has 0 bridgehead atoms. The fraction of sp³-hybridized carbons (Fsp3) is 0.611. The van der Waals surface area contributed by atoms with Crippen LogP contribution in [-0.2, 0) is 11.2 Å². The van der Waals surface area contributed by atoms with Gasteiger partial charge in [0.05, 0.1) is 6.42 Å². The highest BCUT2D eigenvalue weighted by molar-refractivity contribution is 5.78. The van der Waals surface area contributed by atoms with Crippen LogP contribution in [0.15, 0.2) is 24.3 Å². The molecule has 0 atom stereocenters. The van der Waals surface area contributed by atoms with Crippen LogP contribution < -0.4 is 4.90 Å². The molecule has 0 aliphatic carbocycles. The molecule has 0 radical (unpaired) electrons. The van der Waals surface area contributed by atoms with Crippen LogP contribution in [0.4, 0.5) is 5.69 Å². The first-order valence-corrected chi connectivity index (χ1v) is 8.36. The van der Waals surface area contributed by atoms with Crippen LogP contribution in [0.3, 0.4) is 0 Å². The first-order chi connectivity index (χ1) is 10.2. The number of hydrogen-bond donors (Lipinski definition) is 0. The zero-order valence-corrected chi connectivity index (χ0v) is 13.5. The Kier molecular flexibility index (Phi) is 6.09. The Hall–Kier alpha value is -1.51. The average molecular weight is 288 g/mol. The molecule has 1 aliphatic heterocycles. The van der Waals surface area contributed by atoms with E-state index in [1.54, 1.807) is 0 Å². The lowest BCUT2D eigenvalue weighted by atomic mass is 10.1. The van der Waals surface area contributed by atoms with Crippen molar-refractivity contribution in [2.45, 2.75) is 46.0 Å². The van der Waals surface area contributed by atoms with E-state index in [4.69, 9.17) is 0 Å². The van der Waals surface area contributed by atoms with Gasteiger partial charge in [-0.1, -0.05) is 26.0 Å². The lowest BCUT2D eigenvalue weighted by molar-refractivity contribution is -0.130. The fourth-order valence-corrected chi connectivity index (χ4v) is 2.99. The standard InChI is InChI=1S/C18H28N2O/c1-3-11-20(12-4-2)18(21)15-16-7-9-17(10-8-16)19-13-5-6-14-19/h7-10H,3-6,11-15H2,1-2H3. The SMILES string of the molecule is CCCN(CCC)C(=O)Cc1ccc(N2CCCC2)cc1. The predicted octanol–water partition coefficient (Wildman–Crippen LogP) is 3.48. The van der Waals surface area contributed by atoms with Crippen molar-refractivity contribution in [3.05, 3.63) is 29.8 Å². The molecule has 2 rings (SSSR count). The van der Waals surface area contributed by atoms with E-state index < -0.39 is 0 Å². The second kappa shape index (κ2) is 8.06. The van der Waals surface area contributed by atoms with Crippen LogP contribution in [-0.4, -0.2) is 37.0 Å². The van der Waals surface area contributed by atoms with Gasteiger partial charge < -0.3 is 9.80 Å². The first-order valence-electron chi connectivity index (χ1n) is 8.36. The maximum atomic E-state index is 12.3. The zero-order valence-electron chi connectivity index (χ0n) is 13.5. The molecule has 1 aliphatic rings. The second-order valence-electron chi connectivity index (χ2n) is 5.92. The molecule has 3 heteroatoms. The zero-order chi connectivity index (χ0) is 15.1. The fourth-order valence-electron chi connectivity index (χ4n) is 2.99. The summed E-state index contributed by atoms with van der Waals surface area (Å²) in [5, 5.41) is 0. The topological polar surface area (TPSA) is 23.6 Å². The number of benzene rings is 1. The van der Waals surface area contributed by atoms with E-state index in [-0.39, 0.29) is 5.91 Å². The Bertz CT molecular complexity index is 429. The van der Waals surface area contributed by atoms with Gasteiger partial charge in [0, 0.05) is 31.9 Å². The summed E-state index contributed by atoms with van der Waals surface area (Å²) in [6, 6.07) is 8.55. The average Bonchev–Trinajstić information content (AvgIpc) is 3.02. The van der Waals surface area contributed by atoms with E-state index in [1.807, 2.05) is 4.90 Å². The molecule has 116 valence electrons. The van der Waals surface area contributed by atoms with E-state index in [9.17, 15) is 4.79 Å². The highest BCUT2D eigenvalue weighted by Crippen LogP contribution is 2.20. The Labute approximate surface area is 128 Å². The third-order valence-electron chi connectivity index (χ3n) is 4.10. The van der Waals surface area contributed by atoms with Crippen molar-refractivity contribution >= 4 is 11.6 Å². The minimum Gasteiger partial charge on any atom is -0.372 e. The van der Waals surface area contributed by atoms with Gasteiger partial charge in [-0.2, -0.15) is 0 Å². The maximum absolute atomic E-state index is 12.3. The smallest absolute Gasteiger partial charge is 0.226 e. The quantitative estimate of drug-likeness (QED) is 0.767. The normalized spacial score (nSPS) is 14.5. The van der Waals surface area contributed by atoms with Crippen molar-refractivity contribution < 1.29 is 4.79 Å². The van der Waals surface area contributed by atoms with Gasteiger partial charge in [-0.05, 0) is 43.4 Å². The van der Waals surface area contributed by atoms with E-state index in [0.29, 0.717) is 6.42 Å². The molecular formula is C18H28N2O. The molecule has 1 aromatic carbocycles. The Morgan fingerprint density at radius 1 is 1.05 bits per heavy atom. The van der Waals surface area contributed by atoms with Gasteiger partial charge in [0.25, 0.3) is 0 Å². The number of rotatable bonds is 7. The summed E-state index contributed by atoms with van der Waals surface area (Å²) in [6.07, 6.45) is 5.17. The summed E-state index contributed by atoms with van der Waals surface area (Å²) in [5.74, 6) is 0.257. The van der Waals surface area contributed by atoms with Crippen LogP contribution in [0.1, 0.15) is 45.1 Å². The van der Waals surface area contributed by atoms with E-state index in [0.717, 1.165) is 31.5 Å². The molecule has 21 heavy (non-hydrogen) atoms. The van der Waals surface area contributed by atoms with Crippen molar-refractivity contribution in [1.29, 1.82) is 0 Å². The van der Waals surface area contributed by atoms with Crippen LogP contribution in [0.2, 0.25) is 0 Å². The lowest BCUT2D eigenvalue weighted by Crippen LogP contribution is -2.33. The molecule has 1 saturated heterocycles. The summed E-state index contributed by atoms with van der Waals surface area (Å²) in [7, 11) is 0. The number of amides is 1. The molecule has 1 amide bonds. The third kappa shape index (κ3) is 4.48. The number of carbonyl (C=O) groups excluding carboxylic acids is 1. The maximum Gasteiger partial charge on any atom is 0.226 e. The molecule has 0 unspecified atom stereocenters. The Balaban J connectivity index is 1.93. The molecule has 0 aromatic heterocycles. The van der Waals surface area contributed by atoms with Crippen molar-refractivity contribution in [3.63, 3.8) is 0 Å². The lowest BCUT2D eigenvalue weighted by Gasteiger charge is -2.22. The van der Waals surface area contributed by atoms with E-state index in [1.165, 1.54) is 31.6 Å². The van der Waals surface area contributed by atoms with Gasteiger partial charge >= 0.3 is 0 Å². The number of anilines is 1. The first kappa shape index (κ1) is 15.9. The minimum absolute atomic E-state index is 0.257. The summed E-state index contributed by atoms with van der Waals surface area (Å²) in [5.41, 5.74) is 2.42. The summed E-state index contributed by atoms with van der Waals surface area (Å²) in [4.78, 5) is 16.8. The van der Waals surface area contributed by atoms with Gasteiger partial charge in [-0.25, -0.2) is 0 Å². The largest absolute Gasteiger partial charge is 0.372 e. The molecule has 0 N–H and O–H groups in total. The highest BCUT2D eigenvalue weighted by atomic mass is 16.2. The summed E-state index contributed by atoms with van der Waals surface area (Å²) < 4.78 is 0. The van der Waals surface area contributed by atoms with Gasteiger partial charge in [0.2, 0.25) is 5.91 Å². The summed E-state index contributed by atoms with van der Waals surface area (Å²) in [6.45, 7) is 8.33. The molecular weight excluding hydrogens is 260 g/mol. The van der Waals surface area contributed by atoms with E-state index >= 15 is 0 Å². The van der Waals surface area contributed by atoms with Gasteiger partial charge in [0.15, 0.2) is 0 Å².